The van der Waals surface area contributed by atoms with Crippen molar-refractivity contribution in [2.75, 3.05) is 11.9 Å². The van der Waals surface area contributed by atoms with E-state index in [1.807, 2.05) is 18.2 Å². The van der Waals surface area contributed by atoms with Gasteiger partial charge in [-0.3, -0.25) is 10.1 Å². The summed E-state index contributed by atoms with van der Waals surface area (Å²) in [4.78, 5) is 24.2. The van der Waals surface area contributed by atoms with E-state index in [1.54, 1.807) is 52.2 Å². The van der Waals surface area contributed by atoms with Crippen molar-refractivity contribution in [2.24, 2.45) is 0 Å². The summed E-state index contributed by atoms with van der Waals surface area (Å²) in [6.45, 7) is 7.63. The first-order valence-electron chi connectivity index (χ1n) is 10.2. The van der Waals surface area contributed by atoms with Crippen LogP contribution < -0.4 is 10.1 Å². The molecule has 0 unspecified atom stereocenters. The van der Waals surface area contributed by atoms with E-state index in [4.69, 9.17) is 18.6 Å². The quantitative estimate of drug-likeness (QED) is 0.384. The minimum Gasteiger partial charge on any atom is -0.488 e. The molecule has 1 heterocycles. The maximum absolute atomic E-state index is 12.1. The Labute approximate surface area is 195 Å². The number of anilines is 1. The van der Waals surface area contributed by atoms with Gasteiger partial charge >= 0.3 is 12.1 Å². The predicted octanol–water partition coefficient (Wildman–Crippen LogP) is 6.23. The zero-order valence-corrected chi connectivity index (χ0v) is 20.1. The van der Waals surface area contributed by atoms with Crippen molar-refractivity contribution >= 4 is 44.6 Å². The molecule has 3 aromatic rings. The third-order valence-corrected chi connectivity index (χ3v) is 4.84. The molecule has 0 spiro atoms. The van der Waals surface area contributed by atoms with Gasteiger partial charge in [0.1, 0.15) is 23.5 Å². The lowest BCUT2D eigenvalue weighted by Crippen LogP contribution is -2.27. The molecule has 0 aliphatic rings. The minimum atomic E-state index is -0.621. The number of nitrogens with one attached hydrogen (secondary N) is 1. The Morgan fingerprint density at radius 3 is 2.59 bits per heavy atom. The van der Waals surface area contributed by atoms with E-state index in [2.05, 4.69) is 21.2 Å². The number of benzene rings is 2. The maximum Gasteiger partial charge on any atom is 0.412 e. The number of carbonyl (C=O) groups excluding carboxylic acids is 2. The van der Waals surface area contributed by atoms with E-state index in [0.29, 0.717) is 23.6 Å². The molecule has 7 nitrogen and oxygen atoms in total. The zero-order chi connectivity index (χ0) is 23.3. The average Bonchev–Trinajstić information content (AvgIpc) is 3.08. The number of amides is 1. The number of ether oxygens (including phenoxy) is 3. The molecule has 1 aromatic heterocycles. The monoisotopic (exact) mass is 503 g/mol. The highest BCUT2D eigenvalue weighted by atomic mass is 79.9. The number of hydrogen-bond acceptors (Lipinski definition) is 6. The van der Waals surface area contributed by atoms with Crippen LogP contribution in [0.1, 0.15) is 38.8 Å². The molecule has 0 aliphatic carbocycles. The topological polar surface area (TPSA) is 87.0 Å². The molecule has 0 aliphatic heterocycles. The van der Waals surface area contributed by atoms with Crippen LogP contribution in [0.15, 0.2) is 51.6 Å². The van der Waals surface area contributed by atoms with Crippen LogP contribution in [0.2, 0.25) is 0 Å². The van der Waals surface area contributed by atoms with E-state index in [0.717, 1.165) is 21.0 Å². The van der Waals surface area contributed by atoms with Crippen molar-refractivity contribution in [3.63, 3.8) is 0 Å². The molecule has 8 heteroatoms. The SMILES string of the molecule is CCOC(=O)Cc1ccc(NC(=O)OC(C)(C)C)cc1OCc1coc2ccc(Br)cc12. The number of hydrogen-bond donors (Lipinski definition) is 1. The Morgan fingerprint density at radius 1 is 1.09 bits per heavy atom. The summed E-state index contributed by atoms with van der Waals surface area (Å²) in [6, 6.07) is 10.8. The van der Waals surface area contributed by atoms with Gasteiger partial charge in [0.25, 0.3) is 0 Å². The lowest BCUT2D eigenvalue weighted by molar-refractivity contribution is -0.142. The van der Waals surface area contributed by atoms with Crippen LogP contribution in [0.4, 0.5) is 10.5 Å². The first-order valence-corrected chi connectivity index (χ1v) is 11.0. The molecular weight excluding hydrogens is 478 g/mol. The van der Waals surface area contributed by atoms with E-state index < -0.39 is 11.7 Å². The second kappa shape index (κ2) is 10.1. The number of furan rings is 1. The summed E-state index contributed by atoms with van der Waals surface area (Å²) in [5.74, 6) is 0.0962. The van der Waals surface area contributed by atoms with Gasteiger partial charge in [-0.2, -0.15) is 0 Å². The van der Waals surface area contributed by atoms with Gasteiger partial charge in [-0.15, -0.1) is 0 Å². The Morgan fingerprint density at radius 2 is 1.88 bits per heavy atom. The molecular formula is C24H26BrNO6. The van der Waals surface area contributed by atoms with Crippen molar-refractivity contribution in [3.05, 3.63) is 58.3 Å². The summed E-state index contributed by atoms with van der Waals surface area (Å²) in [7, 11) is 0. The third-order valence-electron chi connectivity index (χ3n) is 4.35. The lowest BCUT2D eigenvalue weighted by Gasteiger charge is -2.20. The molecule has 3 rings (SSSR count). The van der Waals surface area contributed by atoms with Crippen molar-refractivity contribution in [2.45, 2.75) is 46.3 Å². The molecule has 0 saturated carbocycles. The second-order valence-corrected chi connectivity index (χ2v) is 9.04. The van der Waals surface area contributed by atoms with Gasteiger partial charge in [0.2, 0.25) is 0 Å². The van der Waals surface area contributed by atoms with E-state index >= 15 is 0 Å². The number of carbonyl (C=O) groups is 2. The zero-order valence-electron chi connectivity index (χ0n) is 18.5. The number of fused-ring (bicyclic) bond motifs is 1. The number of halogens is 1. The molecule has 0 saturated heterocycles. The first kappa shape index (κ1) is 23.7. The van der Waals surface area contributed by atoms with Crippen molar-refractivity contribution in [1.82, 2.24) is 0 Å². The lowest BCUT2D eigenvalue weighted by atomic mass is 10.1. The third kappa shape index (κ3) is 6.50. The summed E-state index contributed by atoms with van der Waals surface area (Å²) in [5.41, 5.74) is 2.12. The van der Waals surface area contributed by atoms with Crippen molar-refractivity contribution < 1.29 is 28.2 Å². The fourth-order valence-electron chi connectivity index (χ4n) is 3.02. The van der Waals surface area contributed by atoms with Gasteiger partial charge in [0.15, 0.2) is 0 Å². The Kier molecular flexibility index (Phi) is 7.45. The molecule has 2 aromatic carbocycles. The van der Waals surface area contributed by atoms with Crippen LogP contribution in [0, 0.1) is 0 Å². The Bertz CT molecular complexity index is 1120. The van der Waals surface area contributed by atoms with Crippen LogP contribution in [-0.4, -0.2) is 24.3 Å². The second-order valence-electron chi connectivity index (χ2n) is 8.12. The van der Waals surface area contributed by atoms with Gasteiger partial charge in [-0.05, 0) is 52.0 Å². The van der Waals surface area contributed by atoms with E-state index in [-0.39, 0.29) is 19.0 Å². The van der Waals surface area contributed by atoms with E-state index in [1.165, 1.54) is 0 Å². The predicted molar refractivity (Wildman–Crippen MR) is 125 cm³/mol. The van der Waals surface area contributed by atoms with Crippen LogP contribution in [0.5, 0.6) is 5.75 Å². The molecule has 1 amide bonds. The van der Waals surface area contributed by atoms with Crippen LogP contribution in [-0.2, 0) is 27.3 Å². The summed E-state index contributed by atoms with van der Waals surface area (Å²) < 4.78 is 23.0. The van der Waals surface area contributed by atoms with Gasteiger partial charge in [-0.1, -0.05) is 22.0 Å². The Balaban J connectivity index is 1.83. The van der Waals surface area contributed by atoms with Gasteiger partial charge in [-0.25, -0.2) is 4.79 Å². The van der Waals surface area contributed by atoms with Gasteiger partial charge in [0.05, 0.1) is 19.3 Å². The highest BCUT2D eigenvalue weighted by Gasteiger charge is 2.18. The van der Waals surface area contributed by atoms with Crippen molar-refractivity contribution in [1.29, 1.82) is 0 Å². The van der Waals surface area contributed by atoms with Crippen LogP contribution in [0.25, 0.3) is 11.0 Å². The highest BCUT2D eigenvalue weighted by Crippen LogP contribution is 2.29. The number of esters is 1. The Hall–Kier alpha value is -3.00. The van der Waals surface area contributed by atoms with Gasteiger partial charge in [0, 0.05) is 32.7 Å². The fourth-order valence-corrected chi connectivity index (χ4v) is 3.38. The maximum atomic E-state index is 12.1. The highest BCUT2D eigenvalue weighted by molar-refractivity contribution is 9.10. The fraction of sp³-hybridized carbons (Fsp3) is 0.333. The largest absolute Gasteiger partial charge is 0.488 e. The molecule has 0 radical (unpaired) electrons. The minimum absolute atomic E-state index is 0.0492. The number of rotatable bonds is 7. The average molecular weight is 504 g/mol. The summed E-state index contributed by atoms with van der Waals surface area (Å²) in [5, 5.41) is 3.62. The molecule has 0 bridgehead atoms. The summed E-state index contributed by atoms with van der Waals surface area (Å²) >= 11 is 3.47. The smallest absolute Gasteiger partial charge is 0.412 e. The molecule has 32 heavy (non-hydrogen) atoms. The molecule has 0 atom stereocenters. The normalized spacial score (nSPS) is 11.3. The van der Waals surface area contributed by atoms with Crippen LogP contribution >= 0.6 is 15.9 Å². The molecule has 170 valence electrons. The van der Waals surface area contributed by atoms with Crippen LogP contribution in [0.3, 0.4) is 0 Å². The standard InChI is InChI=1S/C24H26BrNO6/c1-5-29-22(27)10-15-6-8-18(26-23(28)32-24(2,3)4)12-21(15)31-14-16-13-30-20-9-7-17(25)11-19(16)20/h6-9,11-13H,5,10,14H2,1-4H3,(H,26,28). The van der Waals surface area contributed by atoms with Gasteiger partial charge < -0.3 is 18.6 Å². The van der Waals surface area contributed by atoms with Crippen molar-refractivity contribution in [3.8, 4) is 5.75 Å². The summed E-state index contributed by atoms with van der Waals surface area (Å²) in [6.07, 6.45) is 1.12. The molecule has 0 fully saturated rings. The van der Waals surface area contributed by atoms with E-state index in [9.17, 15) is 9.59 Å². The first-order chi connectivity index (χ1) is 15.1. The molecule has 1 N–H and O–H groups in total.